The number of hydrogen-bond donors (Lipinski definition) is 0. The van der Waals surface area contributed by atoms with Gasteiger partial charge in [0.25, 0.3) is 0 Å². The summed E-state index contributed by atoms with van der Waals surface area (Å²) in [6.07, 6.45) is 0. The van der Waals surface area contributed by atoms with Gasteiger partial charge in [-0.25, -0.2) is 8.78 Å². The molecule has 70 valence electrons. The second-order valence-electron chi connectivity index (χ2n) is 2.29. The minimum Gasteiger partial charge on any atom is -0.292 e. The molecular weight excluding hydrogens is 310 g/mol. The maximum Gasteiger partial charge on any atom is 0.187 e. The largest absolute Gasteiger partial charge is 0.292 e. The molecule has 0 saturated carbocycles. The van der Waals surface area contributed by atoms with Crippen LogP contribution in [0.1, 0.15) is 10.4 Å². The molecule has 0 aliphatic carbocycles. The molecule has 0 atom stereocenters. The van der Waals surface area contributed by atoms with Gasteiger partial charge in [0.2, 0.25) is 0 Å². The van der Waals surface area contributed by atoms with Crippen LogP contribution in [0.5, 0.6) is 0 Å². The lowest BCUT2D eigenvalue weighted by Gasteiger charge is -2.01. The molecule has 1 aromatic carbocycles. The summed E-state index contributed by atoms with van der Waals surface area (Å²) in [7, 11) is 0. The van der Waals surface area contributed by atoms with E-state index in [0.29, 0.717) is 0 Å². The second-order valence-corrected chi connectivity index (χ2v) is 5.35. The van der Waals surface area contributed by atoms with Gasteiger partial charge in [0.05, 0.1) is 0 Å². The first-order valence-corrected chi connectivity index (χ1v) is 5.13. The normalized spacial score (nSPS) is 10.5. The molecule has 1 nitrogen and oxygen atoms in total. The molecule has 5 heteroatoms. The Kier molecular flexibility index (Phi) is 3.55. The summed E-state index contributed by atoms with van der Waals surface area (Å²) in [5.41, 5.74) is 0.123. The number of hydrogen-bond acceptors (Lipinski definition) is 1. The van der Waals surface area contributed by atoms with Gasteiger partial charge in [-0.2, -0.15) is 0 Å². The smallest absolute Gasteiger partial charge is 0.187 e. The van der Waals surface area contributed by atoms with E-state index in [2.05, 4.69) is 31.9 Å². The first-order valence-electron chi connectivity index (χ1n) is 3.30. The molecule has 0 aliphatic heterocycles. The van der Waals surface area contributed by atoms with E-state index in [1.165, 1.54) is 6.07 Å². The van der Waals surface area contributed by atoms with E-state index < -0.39 is 15.4 Å². The topological polar surface area (TPSA) is 17.1 Å². The van der Waals surface area contributed by atoms with Gasteiger partial charge in [0.15, 0.2) is 17.4 Å². The molecule has 0 radical (unpaired) electrons. The van der Waals surface area contributed by atoms with E-state index in [1.54, 1.807) is 0 Å². The van der Waals surface area contributed by atoms with Crippen molar-refractivity contribution in [2.24, 2.45) is 0 Å². The highest BCUT2D eigenvalue weighted by Crippen LogP contribution is 2.17. The average Bonchev–Trinajstić information content (AvgIpc) is 2.08. The maximum atomic E-state index is 12.6. The van der Waals surface area contributed by atoms with E-state index in [1.807, 2.05) is 0 Å². The summed E-state index contributed by atoms with van der Waals surface area (Å²) in [4.78, 5) is 11.2. The maximum absolute atomic E-state index is 12.6. The minimum absolute atomic E-state index is 0.123. The Hall–Kier alpha value is -0.290. The Balaban J connectivity index is 3.04. The van der Waals surface area contributed by atoms with Crippen LogP contribution in [0, 0.1) is 11.6 Å². The van der Waals surface area contributed by atoms with Crippen molar-refractivity contribution in [1.82, 2.24) is 0 Å². The molecule has 0 aliphatic rings. The van der Waals surface area contributed by atoms with Crippen molar-refractivity contribution in [1.29, 1.82) is 0 Å². The Bertz CT molecular complexity index is 339. The SMILES string of the molecule is O=C(c1ccc(F)c(F)c1)C(Br)Br. The van der Waals surface area contributed by atoms with Crippen LogP contribution in [-0.2, 0) is 0 Å². The van der Waals surface area contributed by atoms with Crippen molar-refractivity contribution in [3.8, 4) is 0 Å². The van der Waals surface area contributed by atoms with Crippen LogP contribution in [0.3, 0.4) is 0 Å². The van der Waals surface area contributed by atoms with Crippen LogP contribution in [0.15, 0.2) is 18.2 Å². The van der Waals surface area contributed by atoms with Crippen molar-refractivity contribution >= 4 is 37.6 Å². The van der Waals surface area contributed by atoms with Crippen LogP contribution in [0.2, 0.25) is 0 Å². The quantitative estimate of drug-likeness (QED) is 0.605. The van der Waals surface area contributed by atoms with E-state index in [4.69, 9.17) is 0 Å². The summed E-state index contributed by atoms with van der Waals surface area (Å²) in [6.45, 7) is 0. The van der Waals surface area contributed by atoms with Gasteiger partial charge in [0, 0.05) is 5.56 Å². The molecule has 0 fully saturated rings. The van der Waals surface area contributed by atoms with Crippen molar-refractivity contribution in [2.45, 2.75) is 3.74 Å². The van der Waals surface area contributed by atoms with Gasteiger partial charge >= 0.3 is 0 Å². The molecular formula is C8H4Br2F2O. The molecule has 0 N–H and O–H groups in total. The molecule has 1 rings (SSSR count). The number of alkyl halides is 2. The van der Waals surface area contributed by atoms with Gasteiger partial charge < -0.3 is 0 Å². The number of rotatable bonds is 2. The van der Waals surface area contributed by atoms with Crippen LogP contribution in [-0.4, -0.2) is 9.52 Å². The molecule has 1 aromatic rings. The van der Waals surface area contributed by atoms with Crippen LogP contribution in [0.25, 0.3) is 0 Å². The Morgan fingerprint density at radius 2 is 1.85 bits per heavy atom. The first-order chi connectivity index (χ1) is 6.02. The second kappa shape index (κ2) is 4.28. The summed E-state index contributed by atoms with van der Waals surface area (Å²) in [5.74, 6) is -2.33. The first kappa shape index (κ1) is 10.8. The van der Waals surface area contributed by atoms with Gasteiger partial charge in [-0.1, -0.05) is 31.9 Å². The lowest BCUT2D eigenvalue weighted by Crippen LogP contribution is -2.07. The van der Waals surface area contributed by atoms with Crippen molar-refractivity contribution < 1.29 is 13.6 Å². The summed E-state index contributed by atoms with van der Waals surface area (Å²) in [5, 5.41) is 0. The zero-order valence-corrected chi connectivity index (χ0v) is 9.40. The molecule has 0 bridgehead atoms. The highest BCUT2D eigenvalue weighted by atomic mass is 79.9. The van der Waals surface area contributed by atoms with Crippen LogP contribution in [0.4, 0.5) is 8.78 Å². The fourth-order valence-corrected chi connectivity index (χ4v) is 1.30. The number of ketones is 1. The van der Waals surface area contributed by atoms with Crippen molar-refractivity contribution in [3.63, 3.8) is 0 Å². The molecule has 13 heavy (non-hydrogen) atoms. The Morgan fingerprint density at radius 1 is 1.23 bits per heavy atom. The summed E-state index contributed by atoms with van der Waals surface area (Å²) >= 11 is 5.94. The van der Waals surface area contributed by atoms with Gasteiger partial charge in [0.1, 0.15) is 3.74 Å². The monoisotopic (exact) mass is 312 g/mol. The van der Waals surface area contributed by atoms with Gasteiger partial charge in [-0.15, -0.1) is 0 Å². The summed E-state index contributed by atoms with van der Waals surface area (Å²) in [6, 6.07) is 3.02. The van der Waals surface area contributed by atoms with Gasteiger partial charge in [-0.3, -0.25) is 4.79 Å². The summed E-state index contributed by atoms with van der Waals surface area (Å²) < 4.78 is 24.5. The molecule has 0 amide bonds. The third kappa shape index (κ3) is 2.57. The predicted octanol–water partition coefficient (Wildman–Crippen LogP) is 3.26. The highest BCUT2D eigenvalue weighted by molar-refractivity contribution is 9.25. The molecule has 0 heterocycles. The number of benzene rings is 1. The third-order valence-electron chi connectivity index (χ3n) is 1.40. The highest BCUT2D eigenvalue weighted by Gasteiger charge is 2.14. The van der Waals surface area contributed by atoms with E-state index >= 15 is 0 Å². The lowest BCUT2D eigenvalue weighted by atomic mass is 10.1. The number of carbonyl (C=O) groups excluding carboxylic acids is 1. The average molecular weight is 314 g/mol. The molecule has 0 aromatic heterocycles. The molecule has 0 saturated heterocycles. The Labute approximate surface area is 90.4 Å². The molecule has 0 unspecified atom stereocenters. The van der Waals surface area contributed by atoms with Crippen LogP contribution < -0.4 is 0 Å². The van der Waals surface area contributed by atoms with Crippen LogP contribution >= 0.6 is 31.9 Å². The van der Waals surface area contributed by atoms with E-state index in [0.717, 1.165) is 12.1 Å². The number of halogens is 4. The Morgan fingerprint density at radius 3 is 2.31 bits per heavy atom. The zero-order valence-electron chi connectivity index (χ0n) is 6.23. The lowest BCUT2D eigenvalue weighted by molar-refractivity contribution is 0.101. The zero-order chi connectivity index (χ0) is 10.0. The van der Waals surface area contributed by atoms with Crippen molar-refractivity contribution in [3.05, 3.63) is 35.4 Å². The fourth-order valence-electron chi connectivity index (χ4n) is 0.775. The standard InChI is InChI=1S/C8H4Br2F2O/c9-8(10)7(13)4-1-2-5(11)6(12)3-4/h1-3,8H. The van der Waals surface area contributed by atoms with E-state index in [9.17, 15) is 13.6 Å². The predicted molar refractivity (Wildman–Crippen MR) is 52.3 cm³/mol. The molecule has 0 spiro atoms. The van der Waals surface area contributed by atoms with Gasteiger partial charge in [-0.05, 0) is 18.2 Å². The van der Waals surface area contributed by atoms with E-state index in [-0.39, 0.29) is 11.3 Å². The van der Waals surface area contributed by atoms with Crippen molar-refractivity contribution in [2.75, 3.05) is 0 Å². The minimum atomic E-state index is -1.02. The third-order valence-corrected chi connectivity index (χ3v) is 2.23. The number of Topliss-reactive ketones (excluding diaryl/α,β-unsaturated/α-hetero) is 1. The number of carbonyl (C=O) groups is 1. The fraction of sp³-hybridized carbons (Fsp3) is 0.125.